The summed E-state index contributed by atoms with van der Waals surface area (Å²) in [5, 5.41) is 0. The molecule has 2 aliphatic heterocycles. The molecule has 11 aromatic carbocycles. The Morgan fingerprint density at radius 1 is 0.239 bits per heavy atom. The van der Waals surface area contributed by atoms with Crippen molar-refractivity contribution < 1.29 is 9.47 Å². The van der Waals surface area contributed by atoms with Crippen LogP contribution in [-0.4, -0.2) is 0 Å². The van der Waals surface area contributed by atoms with Gasteiger partial charge in [0.05, 0.1) is 10.8 Å². The Bertz CT molecular complexity index is 3870. The minimum atomic E-state index is -0.604. The van der Waals surface area contributed by atoms with E-state index in [0.717, 1.165) is 67.9 Å². The molecule has 0 atom stereocenters. The summed E-state index contributed by atoms with van der Waals surface area (Å²) >= 11 is 0. The van der Waals surface area contributed by atoms with Gasteiger partial charge in [-0.25, -0.2) is 0 Å². The molecule has 3 heteroatoms. The summed E-state index contributed by atoms with van der Waals surface area (Å²) in [5.41, 5.74) is 21.3. The summed E-state index contributed by atoms with van der Waals surface area (Å²) in [5.74, 6) is 3.54. The molecule has 0 bridgehead atoms. The first kappa shape index (κ1) is 39.8. The third-order valence-electron chi connectivity index (χ3n) is 15.6. The first-order valence-corrected chi connectivity index (χ1v) is 24.5. The van der Waals surface area contributed by atoms with Gasteiger partial charge in [-0.2, -0.15) is 0 Å². The molecule has 0 radical (unpaired) electrons. The van der Waals surface area contributed by atoms with E-state index in [4.69, 9.17) is 9.47 Å². The molecule has 4 aliphatic rings. The first-order chi connectivity index (χ1) is 35.2. The van der Waals surface area contributed by atoms with Crippen molar-refractivity contribution in [2.45, 2.75) is 10.8 Å². The van der Waals surface area contributed by atoms with E-state index in [1.807, 2.05) is 0 Å². The molecular formula is C68H43NO2. The van der Waals surface area contributed by atoms with Gasteiger partial charge in [0.25, 0.3) is 0 Å². The van der Waals surface area contributed by atoms with Gasteiger partial charge in [-0.1, -0.05) is 200 Å². The molecule has 2 heterocycles. The Hall–Kier alpha value is -9.18. The van der Waals surface area contributed by atoms with Crippen LogP contribution >= 0.6 is 0 Å². The lowest BCUT2D eigenvalue weighted by atomic mass is 9.66. The third kappa shape index (κ3) is 5.49. The molecule has 71 heavy (non-hydrogen) atoms. The minimum Gasteiger partial charge on any atom is -0.457 e. The summed E-state index contributed by atoms with van der Waals surface area (Å²) in [7, 11) is 0. The number of anilines is 3. The van der Waals surface area contributed by atoms with Crippen LogP contribution in [-0.2, 0) is 10.8 Å². The Balaban J connectivity index is 0.952. The van der Waals surface area contributed by atoms with Crippen LogP contribution < -0.4 is 14.4 Å². The normalized spacial score (nSPS) is 14.1. The van der Waals surface area contributed by atoms with E-state index in [0.29, 0.717) is 0 Å². The molecule has 332 valence electrons. The summed E-state index contributed by atoms with van der Waals surface area (Å²) in [6, 6.07) is 95.1. The van der Waals surface area contributed by atoms with E-state index < -0.39 is 10.8 Å². The highest BCUT2D eigenvalue weighted by atomic mass is 16.5. The van der Waals surface area contributed by atoms with Gasteiger partial charge in [-0.15, -0.1) is 0 Å². The molecule has 0 N–H and O–H groups in total. The Morgan fingerprint density at radius 2 is 0.648 bits per heavy atom. The molecular weight excluding hydrogens is 863 g/mol. The van der Waals surface area contributed by atoms with Crippen molar-refractivity contribution in [3.63, 3.8) is 0 Å². The van der Waals surface area contributed by atoms with E-state index in [1.165, 1.54) is 61.2 Å². The van der Waals surface area contributed by atoms with Crippen LogP contribution in [0.15, 0.2) is 261 Å². The number of benzene rings is 11. The van der Waals surface area contributed by atoms with Crippen LogP contribution in [0.1, 0.15) is 44.5 Å². The summed E-state index contributed by atoms with van der Waals surface area (Å²) in [4.78, 5) is 2.44. The second-order valence-electron chi connectivity index (χ2n) is 19.0. The number of ether oxygens (including phenoxy) is 2. The Labute approximate surface area is 413 Å². The molecule has 0 fully saturated rings. The highest BCUT2D eigenvalue weighted by Crippen LogP contribution is 2.65. The van der Waals surface area contributed by atoms with Gasteiger partial charge >= 0.3 is 0 Å². The number of hydrogen-bond donors (Lipinski definition) is 0. The fourth-order valence-electron chi connectivity index (χ4n) is 12.8. The molecule has 3 nitrogen and oxygen atoms in total. The number of hydrogen-bond acceptors (Lipinski definition) is 3. The fourth-order valence-corrected chi connectivity index (χ4v) is 12.8. The lowest BCUT2D eigenvalue weighted by Gasteiger charge is -2.39. The van der Waals surface area contributed by atoms with Gasteiger partial charge in [-0.05, 0) is 127 Å². The van der Waals surface area contributed by atoms with Crippen LogP contribution in [0.4, 0.5) is 17.1 Å². The smallest absolute Gasteiger partial charge is 0.132 e. The largest absolute Gasteiger partial charge is 0.457 e. The van der Waals surface area contributed by atoms with Crippen molar-refractivity contribution in [1.29, 1.82) is 0 Å². The van der Waals surface area contributed by atoms with Crippen molar-refractivity contribution in [3.05, 3.63) is 305 Å². The van der Waals surface area contributed by atoms with Crippen molar-refractivity contribution in [2.75, 3.05) is 4.90 Å². The predicted molar refractivity (Wildman–Crippen MR) is 287 cm³/mol. The first-order valence-electron chi connectivity index (χ1n) is 24.5. The van der Waals surface area contributed by atoms with E-state index >= 15 is 0 Å². The lowest BCUT2D eigenvalue weighted by molar-refractivity contribution is 0.436. The summed E-state index contributed by atoms with van der Waals surface area (Å²) in [6.07, 6.45) is 0. The highest BCUT2D eigenvalue weighted by Gasteiger charge is 2.53. The highest BCUT2D eigenvalue weighted by molar-refractivity contribution is 5.98. The number of para-hydroxylation sites is 4. The lowest BCUT2D eigenvalue weighted by Crippen LogP contribution is -2.32. The molecule has 2 spiro atoms. The molecule has 0 aromatic heterocycles. The maximum atomic E-state index is 6.72. The Kier molecular flexibility index (Phi) is 8.49. The SMILES string of the molecule is c1ccc(-c2ccc(N(c3cccc(-c4cccc5c4-c4ccccc4C54c5ccccc5Oc5ccccc54)c3)c3ccc4c(c3)C3(c5ccccc5Oc5ccccc53)c3ccccc3-4)cc2)cc1. The van der Waals surface area contributed by atoms with Gasteiger partial charge in [0.2, 0.25) is 0 Å². The minimum absolute atomic E-state index is 0.559. The molecule has 0 amide bonds. The molecule has 0 unspecified atom stereocenters. The summed E-state index contributed by atoms with van der Waals surface area (Å²) in [6.45, 7) is 0. The number of rotatable bonds is 5. The molecule has 0 saturated heterocycles. The maximum Gasteiger partial charge on any atom is 0.132 e. The van der Waals surface area contributed by atoms with Crippen LogP contribution in [0.3, 0.4) is 0 Å². The summed E-state index contributed by atoms with van der Waals surface area (Å²) < 4.78 is 13.4. The van der Waals surface area contributed by atoms with Gasteiger partial charge in [-0.3, -0.25) is 0 Å². The average molecular weight is 906 g/mol. The van der Waals surface area contributed by atoms with Crippen LogP contribution in [0.25, 0.3) is 44.5 Å². The second-order valence-corrected chi connectivity index (χ2v) is 19.0. The van der Waals surface area contributed by atoms with Crippen molar-refractivity contribution in [3.8, 4) is 67.5 Å². The van der Waals surface area contributed by atoms with Gasteiger partial charge in [0, 0.05) is 39.3 Å². The van der Waals surface area contributed by atoms with E-state index in [1.54, 1.807) is 0 Å². The molecule has 15 rings (SSSR count). The van der Waals surface area contributed by atoms with E-state index in [-0.39, 0.29) is 0 Å². The zero-order valence-corrected chi connectivity index (χ0v) is 38.6. The van der Waals surface area contributed by atoms with Crippen LogP contribution in [0.2, 0.25) is 0 Å². The molecule has 11 aromatic rings. The van der Waals surface area contributed by atoms with E-state index in [2.05, 4.69) is 266 Å². The molecule has 2 aliphatic carbocycles. The second kappa shape index (κ2) is 15.2. The standard InChI is InChI=1S/C68H43NO2/c1-2-18-44(19-3-1)45-36-38-47(39-37-45)69(49-40-41-52-51-22-4-6-25-54(51)68(61(52)43-49)58-29-10-14-34-64(58)71-65-35-15-11-30-59(65)68)48-21-16-20-46(42-48)50-24-17-31-60-66(50)53-23-5-7-26-55(53)67(60)56-27-8-12-32-62(56)70-63-33-13-9-28-57(63)67/h1-43H. The van der Waals surface area contributed by atoms with Gasteiger partial charge < -0.3 is 14.4 Å². The van der Waals surface area contributed by atoms with Crippen molar-refractivity contribution in [2.24, 2.45) is 0 Å². The third-order valence-corrected chi connectivity index (χ3v) is 15.6. The fraction of sp³-hybridized carbons (Fsp3) is 0.0294. The van der Waals surface area contributed by atoms with Crippen LogP contribution in [0.5, 0.6) is 23.0 Å². The topological polar surface area (TPSA) is 21.7 Å². The number of nitrogens with zero attached hydrogens (tertiary/aromatic N) is 1. The maximum absolute atomic E-state index is 6.72. The monoisotopic (exact) mass is 905 g/mol. The Morgan fingerprint density at radius 3 is 1.27 bits per heavy atom. The van der Waals surface area contributed by atoms with Gasteiger partial charge in [0.15, 0.2) is 0 Å². The van der Waals surface area contributed by atoms with Crippen molar-refractivity contribution in [1.82, 2.24) is 0 Å². The number of fused-ring (bicyclic) bond motifs is 18. The zero-order valence-electron chi connectivity index (χ0n) is 38.6. The van der Waals surface area contributed by atoms with E-state index in [9.17, 15) is 0 Å². The van der Waals surface area contributed by atoms with Crippen molar-refractivity contribution >= 4 is 17.1 Å². The van der Waals surface area contributed by atoms with Gasteiger partial charge in [0.1, 0.15) is 23.0 Å². The zero-order chi connectivity index (χ0) is 46.7. The quantitative estimate of drug-likeness (QED) is 0.172. The van der Waals surface area contributed by atoms with Crippen LogP contribution in [0, 0.1) is 0 Å². The average Bonchev–Trinajstić information content (AvgIpc) is 3.89. The molecule has 0 saturated carbocycles. The predicted octanol–water partition coefficient (Wildman–Crippen LogP) is 17.4.